The number of allylic oxidation sites excluding steroid dienone is 1. The van der Waals surface area contributed by atoms with Crippen LogP contribution in [0.3, 0.4) is 0 Å². The number of hydrogen-bond donors (Lipinski definition) is 3. The molecular formula is C19H18BrN3O3. The van der Waals surface area contributed by atoms with E-state index in [0.29, 0.717) is 21.5 Å². The number of nitrogens with one attached hydrogen (secondary N) is 2. The number of pyridine rings is 1. The van der Waals surface area contributed by atoms with E-state index in [-0.39, 0.29) is 0 Å². The Balaban J connectivity index is 2.15. The number of methoxy groups -OCH3 is 1. The zero-order chi connectivity index (χ0) is 18.7. The largest absolute Gasteiger partial charge is 0.493 e. The Morgan fingerprint density at radius 3 is 2.62 bits per heavy atom. The molecule has 1 atom stereocenters. The Morgan fingerprint density at radius 1 is 1.27 bits per heavy atom. The van der Waals surface area contributed by atoms with Gasteiger partial charge in [0.1, 0.15) is 0 Å². The highest BCUT2D eigenvalue weighted by molar-refractivity contribution is 9.15. The molecule has 1 aliphatic heterocycles. The van der Waals surface area contributed by atoms with Gasteiger partial charge in [0.2, 0.25) is 0 Å². The molecule has 1 aromatic carbocycles. The summed E-state index contributed by atoms with van der Waals surface area (Å²) in [5.41, 5.74) is 3.57. The van der Waals surface area contributed by atoms with Gasteiger partial charge in [0.15, 0.2) is 11.8 Å². The summed E-state index contributed by atoms with van der Waals surface area (Å²) < 4.78 is 6.30. The summed E-state index contributed by atoms with van der Waals surface area (Å²) >= 11 is 3.58. The molecule has 1 unspecified atom stereocenters. The minimum absolute atomic E-state index is 0.528. The van der Waals surface area contributed by atoms with Crippen LogP contribution in [-0.2, 0) is 9.53 Å². The van der Waals surface area contributed by atoms with E-state index in [1.165, 1.54) is 0 Å². The van der Waals surface area contributed by atoms with E-state index in [2.05, 4.69) is 31.5 Å². The standard InChI is InChI=1S/C19H18BrN3O3/c1-11(22-12-7-9-21-10-8-12)16-18(26-2)15(20)13-5-3-4-6-14(13)17(23-16)19(24)25/h3-10,17,23H,1-2H3,(H,21,22)(H,24,25)/b16-11+. The van der Waals surface area contributed by atoms with Crippen molar-refractivity contribution in [3.8, 4) is 0 Å². The molecule has 0 saturated heterocycles. The molecule has 26 heavy (non-hydrogen) atoms. The van der Waals surface area contributed by atoms with Gasteiger partial charge in [0, 0.05) is 23.8 Å². The molecule has 0 fully saturated rings. The molecule has 1 aromatic heterocycles. The average Bonchev–Trinajstić information content (AvgIpc) is 2.77. The monoisotopic (exact) mass is 415 g/mol. The maximum Gasteiger partial charge on any atom is 0.330 e. The van der Waals surface area contributed by atoms with Crippen LogP contribution in [0.2, 0.25) is 0 Å². The van der Waals surface area contributed by atoms with Gasteiger partial charge >= 0.3 is 5.97 Å². The van der Waals surface area contributed by atoms with Crippen molar-refractivity contribution >= 4 is 32.1 Å². The molecule has 2 aromatic rings. The van der Waals surface area contributed by atoms with Crippen molar-refractivity contribution in [3.63, 3.8) is 0 Å². The zero-order valence-corrected chi connectivity index (χ0v) is 15.9. The van der Waals surface area contributed by atoms with Crippen LogP contribution in [0.5, 0.6) is 0 Å². The molecule has 3 rings (SSSR count). The normalized spacial score (nSPS) is 18.3. The highest BCUT2D eigenvalue weighted by atomic mass is 79.9. The van der Waals surface area contributed by atoms with Crippen LogP contribution >= 0.6 is 15.9 Å². The highest BCUT2D eigenvalue weighted by Gasteiger charge is 2.31. The van der Waals surface area contributed by atoms with Crippen molar-refractivity contribution < 1.29 is 14.6 Å². The van der Waals surface area contributed by atoms with Crippen molar-refractivity contribution in [1.82, 2.24) is 10.3 Å². The Bertz CT molecular complexity index is 894. The quantitative estimate of drug-likeness (QED) is 0.702. The number of ether oxygens (including phenoxy) is 1. The van der Waals surface area contributed by atoms with Crippen LogP contribution in [-0.4, -0.2) is 23.2 Å². The fourth-order valence-corrected chi connectivity index (χ4v) is 3.57. The Labute approximate surface area is 159 Å². The number of halogens is 1. The lowest BCUT2D eigenvalue weighted by Crippen LogP contribution is -2.29. The number of anilines is 1. The van der Waals surface area contributed by atoms with Gasteiger partial charge in [-0.2, -0.15) is 0 Å². The Kier molecular flexibility index (Phi) is 5.27. The minimum Gasteiger partial charge on any atom is -0.493 e. The third kappa shape index (κ3) is 3.43. The van der Waals surface area contributed by atoms with Crippen LogP contribution in [0.15, 0.2) is 65.9 Å². The van der Waals surface area contributed by atoms with E-state index >= 15 is 0 Å². The van der Waals surface area contributed by atoms with Gasteiger partial charge in [-0.15, -0.1) is 0 Å². The van der Waals surface area contributed by atoms with Crippen LogP contribution in [0.25, 0.3) is 4.48 Å². The summed E-state index contributed by atoms with van der Waals surface area (Å²) in [6.45, 7) is 1.86. The van der Waals surface area contributed by atoms with Gasteiger partial charge in [-0.05, 0) is 46.1 Å². The van der Waals surface area contributed by atoms with Gasteiger partial charge in [0.25, 0.3) is 0 Å². The van der Waals surface area contributed by atoms with Crippen LogP contribution in [0.1, 0.15) is 24.1 Å². The first-order chi connectivity index (χ1) is 12.5. The number of rotatable bonds is 4. The third-order valence-corrected chi connectivity index (χ3v) is 4.85. The fraction of sp³-hybridized carbons (Fsp3) is 0.158. The molecule has 6 nitrogen and oxygen atoms in total. The van der Waals surface area contributed by atoms with Gasteiger partial charge in [-0.25, -0.2) is 4.79 Å². The molecule has 3 N–H and O–H groups in total. The average molecular weight is 416 g/mol. The molecule has 1 aliphatic rings. The second-order valence-corrected chi connectivity index (χ2v) is 6.50. The molecule has 0 spiro atoms. The third-order valence-electron chi connectivity index (χ3n) is 4.06. The number of carboxylic acids is 1. The lowest BCUT2D eigenvalue weighted by atomic mass is 10.0. The smallest absolute Gasteiger partial charge is 0.330 e. The van der Waals surface area contributed by atoms with Crippen molar-refractivity contribution in [1.29, 1.82) is 0 Å². The SMILES string of the molecule is COC1=C(Br)c2ccccc2C(C(=O)O)N/C1=C(\C)Nc1ccncc1. The molecule has 0 aliphatic carbocycles. The first-order valence-corrected chi connectivity index (χ1v) is 8.73. The first-order valence-electron chi connectivity index (χ1n) is 7.93. The van der Waals surface area contributed by atoms with Gasteiger partial charge in [-0.1, -0.05) is 24.3 Å². The zero-order valence-electron chi connectivity index (χ0n) is 14.3. The minimum atomic E-state index is -0.968. The summed E-state index contributed by atoms with van der Waals surface area (Å²) in [7, 11) is 1.56. The predicted octanol–water partition coefficient (Wildman–Crippen LogP) is 3.86. The molecule has 7 heteroatoms. The molecule has 2 heterocycles. The van der Waals surface area contributed by atoms with E-state index in [1.807, 2.05) is 37.3 Å². The van der Waals surface area contributed by atoms with Crippen LogP contribution in [0.4, 0.5) is 5.69 Å². The van der Waals surface area contributed by atoms with Crippen LogP contribution < -0.4 is 10.6 Å². The number of fused-ring (bicyclic) bond motifs is 1. The summed E-state index contributed by atoms with van der Waals surface area (Å²) in [6.07, 6.45) is 3.36. The number of nitrogens with zero attached hydrogens (tertiary/aromatic N) is 1. The summed E-state index contributed by atoms with van der Waals surface area (Å²) in [4.78, 5) is 15.9. The van der Waals surface area contributed by atoms with E-state index < -0.39 is 12.0 Å². The number of aliphatic carboxylic acids is 1. The van der Waals surface area contributed by atoms with Gasteiger partial charge < -0.3 is 20.5 Å². The topological polar surface area (TPSA) is 83.5 Å². The van der Waals surface area contributed by atoms with Crippen molar-refractivity contribution in [2.45, 2.75) is 13.0 Å². The molecule has 0 bridgehead atoms. The number of benzene rings is 1. The summed E-state index contributed by atoms with van der Waals surface area (Å²) in [5.74, 6) is -0.440. The van der Waals surface area contributed by atoms with Crippen molar-refractivity contribution in [2.75, 3.05) is 12.4 Å². The number of hydrogen-bond acceptors (Lipinski definition) is 5. The first kappa shape index (κ1) is 18.0. The van der Waals surface area contributed by atoms with Crippen LogP contribution in [0, 0.1) is 0 Å². The molecule has 0 radical (unpaired) electrons. The lowest BCUT2D eigenvalue weighted by molar-refractivity contribution is -0.139. The lowest BCUT2D eigenvalue weighted by Gasteiger charge is -2.20. The Hall–Kier alpha value is -2.80. The molecule has 0 amide bonds. The van der Waals surface area contributed by atoms with E-state index in [1.54, 1.807) is 25.6 Å². The van der Waals surface area contributed by atoms with Crippen molar-refractivity contribution in [2.24, 2.45) is 0 Å². The fourth-order valence-electron chi connectivity index (χ4n) is 2.85. The number of carboxylic acid groups (broad SMARTS) is 1. The van der Waals surface area contributed by atoms with E-state index in [0.717, 1.165) is 16.9 Å². The second kappa shape index (κ2) is 7.61. The maximum atomic E-state index is 11.9. The second-order valence-electron chi connectivity index (χ2n) is 5.71. The van der Waals surface area contributed by atoms with Gasteiger partial charge in [0.05, 0.1) is 17.3 Å². The molecular weight excluding hydrogens is 398 g/mol. The number of carbonyl (C=O) groups is 1. The number of aromatic nitrogens is 1. The summed E-state index contributed by atoms with van der Waals surface area (Å²) in [6, 6.07) is 10.1. The molecule has 134 valence electrons. The highest BCUT2D eigenvalue weighted by Crippen LogP contribution is 2.38. The Morgan fingerprint density at radius 2 is 1.96 bits per heavy atom. The predicted molar refractivity (Wildman–Crippen MR) is 103 cm³/mol. The van der Waals surface area contributed by atoms with E-state index in [9.17, 15) is 9.90 Å². The van der Waals surface area contributed by atoms with Crippen molar-refractivity contribution in [3.05, 3.63) is 77.1 Å². The van der Waals surface area contributed by atoms with E-state index in [4.69, 9.17) is 4.74 Å². The van der Waals surface area contributed by atoms with Gasteiger partial charge in [-0.3, -0.25) is 4.98 Å². The maximum absolute atomic E-state index is 11.9. The molecule has 0 saturated carbocycles. The summed E-state index contributed by atoms with van der Waals surface area (Å²) in [5, 5.41) is 16.1.